The number of fused-ring (bicyclic) bond motifs is 2. The summed E-state index contributed by atoms with van der Waals surface area (Å²) in [5, 5.41) is 10.6. The van der Waals surface area contributed by atoms with E-state index >= 15 is 0 Å². The van der Waals surface area contributed by atoms with Gasteiger partial charge in [0.15, 0.2) is 0 Å². The molecular formula is C14H22O3. The summed E-state index contributed by atoms with van der Waals surface area (Å²) in [4.78, 5) is 11.5. The number of aliphatic hydroxyl groups is 1. The van der Waals surface area contributed by atoms with E-state index in [9.17, 15) is 9.90 Å². The predicted molar refractivity (Wildman–Crippen MR) is 65.3 cm³/mol. The standard InChI is InChI=1S/C14H22O3/c1-8(2)12(15)17-11-7-9-6-10(13(9,3)4)14(11,5)16/h9-11,16H,1,6-7H2,2-5H3. The molecule has 0 aromatic rings. The van der Waals surface area contributed by atoms with Crippen LogP contribution in [0.4, 0.5) is 0 Å². The Labute approximate surface area is 103 Å². The number of hydrogen-bond donors (Lipinski definition) is 1. The number of carbonyl (C=O) groups is 1. The van der Waals surface area contributed by atoms with Crippen molar-refractivity contribution in [2.75, 3.05) is 0 Å². The second kappa shape index (κ2) is 3.58. The topological polar surface area (TPSA) is 46.5 Å². The first kappa shape index (κ1) is 12.6. The number of ether oxygens (including phenoxy) is 1. The molecule has 96 valence electrons. The van der Waals surface area contributed by atoms with Crippen LogP contribution in [0.2, 0.25) is 0 Å². The summed E-state index contributed by atoms with van der Waals surface area (Å²) in [6.45, 7) is 11.4. The fourth-order valence-electron chi connectivity index (χ4n) is 3.53. The zero-order valence-corrected chi connectivity index (χ0v) is 11.1. The Morgan fingerprint density at radius 3 is 2.35 bits per heavy atom. The molecule has 3 aliphatic carbocycles. The maximum absolute atomic E-state index is 11.5. The Bertz CT molecular complexity index is 368. The lowest BCUT2D eigenvalue weighted by Gasteiger charge is -2.64. The van der Waals surface area contributed by atoms with Crippen LogP contribution in [0.5, 0.6) is 0 Å². The molecular weight excluding hydrogens is 216 g/mol. The van der Waals surface area contributed by atoms with E-state index in [1.165, 1.54) is 0 Å². The van der Waals surface area contributed by atoms with Gasteiger partial charge >= 0.3 is 5.97 Å². The van der Waals surface area contributed by atoms with Gasteiger partial charge in [-0.15, -0.1) is 0 Å². The molecule has 3 nitrogen and oxygen atoms in total. The lowest BCUT2D eigenvalue weighted by Crippen LogP contribution is -2.67. The van der Waals surface area contributed by atoms with Crippen molar-refractivity contribution >= 4 is 5.97 Å². The van der Waals surface area contributed by atoms with Gasteiger partial charge in [-0.25, -0.2) is 4.79 Å². The third-order valence-corrected chi connectivity index (χ3v) is 4.92. The van der Waals surface area contributed by atoms with Crippen LogP contribution in [-0.4, -0.2) is 22.8 Å². The SMILES string of the molecule is C=C(C)C(=O)OC1CC2CC(C2(C)C)C1(C)O. The molecule has 0 spiro atoms. The van der Waals surface area contributed by atoms with Gasteiger partial charge in [0, 0.05) is 5.57 Å². The Balaban J connectivity index is 2.13. The van der Waals surface area contributed by atoms with Crippen molar-refractivity contribution in [3.63, 3.8) is 0 Å². The van der Waals surface area contributed by atoms with Crippen molar-refractivity contribution < 1.29 is 14.6 Å². The van der Waals surface area contributed by atoms with E-state index in [2.05, 4.69) is 20.4 Å². The van der Waals surface area contributed by atoms with Gasteiger partial charge in [0.2, 0.25) is 0 Å². The van der Waals surface area contributed by atoms with Crippen LogP contribution in [0.15, 0.2) is 12.2 Å². The van der Waals surface area contributed by atoms with Crippen molar-refractivity contribution in [2.24, 2.45) is 17.3 Å². The van der Waals surface area contributed by atoms with E-state index in [0.717, 1.165) is 12.8 Å². The van der Waals surface area contributed by atoms with Crippen LogP contribution in [-0.2, 0) is 9.53 Å². The molecule has 1 N–H and O–H groups in total. The monoisotopic (exact) mass is 238 g/mol. The van der Waals surface area contributed by atoms with Crippen LogP contribution >= 0.6 is 0 Å². The zero-order valence-electron chi connectivity index (χ0n) is 11.1. The van der Waals surface area contributed by atoms with Crippen molar-refractivity contribution in [2.45, 2.75) is 52.2 Å². The van der Waals surface area contributed by atoms with Crippen LogP contribution in [0.3, 0.4) is 0 Å². The summed E-state index contributed by atoms with van der Waals surface area (Å²) >= 11 is 0. The number of esters is 1. The summed E-state index contributed by atoms with van der Waals surface area (Å²) in [5.41, 5.74) is -0.363. The second-order valence-electron chi connectivity index (χ2n) is 6.44. The Morgan fingerprint density at radius 1 is 1.35 bits per heavy atom. The van der Waals surface area contributed by atoms with Crippen LogP contribution in [0.1, 0.15) is 40.5 Å². The summed E-state index contributed by atoms with van der Waals surface area (Å²) < 4.78 is 5.37. The van der Waals surface area contributed by atoms with E-state index in [1.54, 1.807) is 13.8 Å². The maximum Gasteiger partial charge on any atom is 0.333 e. The average molecular weight is 238 g/mol. The smallest absolute Gasteiger partial charge is 0.333 e. The molecule has 0 heterocycles. The van der Waals surface area contributed by atoms with E-state index in [-0.39, 0.29) is 17.4 Å². The molecule has 0 radical (unpaired) electrons. The fraction of sp³-hybridized carbons (Fsp3) is 0.786. The van der Waals surface area contributed by atoms with E-state index in [4.69, 9.17) is 4.74 Å². The molecule has 3 fully saturated rings. The molecule has 2 bridgehead atoms. The van der Waals surface area contributed by atoms with Gasteiger partial charge in [0.1, 0.15) is 11.7 Å². The third-order valence-electron chi connectivity index (χ3n) is 4.92. The minimum Gasteiger partial charge on any atom is -0.456 e. The third kappa shape index (κ3) is 1.71. The molecule has 3 heteroatoms. The highest BCUT2D eigenvalue weighted by molar-refractivity contribution is 5.87. The molecule has 3 rings (SSSR count). The lowest BCUT2D eigenvalue weighted by atomic mass is 9.43. The fourth-order valence-corrected chi connectivity index (χ4v) is 3.53. The highest BCUT2D eigenvalue weighted by Crippen LogP contribution is 2.63. The van der Waals surface area contributed by atoms with Gasteiger partial charge in [0.05, 0.1) is 0 Å². The maximum atomic E-state index is 11.5. The van der Waals surface area contributed by atoms with Gasteiger partial charge < -0.3 is 9.84 Å². The largest absolute Gasteiger partial charge is 0.456 e. The van der Waals surface area contributed by atoms with Crippen LogP contribution in [0.25, 0.3) is 0 Å². The minimum atomic E-state index is -0.913. The van der Waals surface area contributed by atoms with Crippen molar-refractivity contribution in [1.29, 1.82) is 0 Å². The zero-order chi connectivity index (χ0) is 13.0. The summed E-state index contributed by atoms with van der Waals surface area (Å²) in [6, 6.07) is 0. The molecule has 3 saturated carbocycles. The molecule has 0 saturated heterocycles. The second-order valence-corrected chi connectivity index (χ2v) is 6.44. The molecule has 0 amide bonds. The van der Waals surface area contributed by atoms with E-state index in [0.29, 0.717) is 11.5 Å². The first-order chi connectivity index (χ1) is 7.67. The van der Waals surface area contributed by atoms with E-state index in [1.807, 2.05) is 0 Å². The summed E-state index contributed by atoms with van der Waals surface area (Å²) in [7, 11) is 0. The molecule has 4 atom stereocenters. The normalized spacial score (nSPS) is 42.5. The van der Waals surface area contributed by atoms with Crippen molar-refractivity contribution in [3.05, 3.63) is 12.2 Å². The van der Waals surface area contributed by atoms with Gasteiger partial charge in [0.25, 0.3) is 0 Å². The Kier molecular flexibility index (Phi) is 2.66. The van der Waals surface area contributed by atoms with Gasteiger partial charge in [-0.05, 0) is 43.9 Å². The highest BCUT2D eigenvalue weighted by Gasteiger charge is 2.64. The molecule has 0 aromatic heterocycles. The first-order valence-electron chi connectivity index (χ1n) is 6.26. The molecule has 17 heavy (non-hydrogen) atoms. The van der Waals surface area contributed by atoms with E-state index < -0.39 is 11.6 Å². The molecule has 3 aliphatic rings. The summed E-state index contributed by atoms with van der Waals surface area (Å²) in [6.07, 6.45) is 1.42. The Hall–Kier alpha value is -0.830. The van der Waals surface area contributed by atoms with Crippen LogP contribution in [0, 0.1) is 17.3 Å². The quantitative estimate of drug-likeness (QED) is 0.593. The number of rotatable bonds is 2. The predicted octanol–water partition coefficient (Wildman–Crippen LogP) is 2.29. The Morgan fingerprint density at radius 2 is 1.94 bits per heavy atom. The summed E-state index contributed by atoms with van der Waals surface area (Å²) in [5.74, 6) is 0.377. The number of hydrogen-bond acceptors (Lipinski definition) is 3. The molecule has 4 unspecified atom stereocenters. The highest BCUT2D eigenvalue weighted by atomic mass is 16.6. The molecule has 0 aromatic carbocycles. The number of carbonyl (C=O) groups excluding carboxylic acids is 1. The van der Waals surface area contributed by atoms with Gasteiger partial charge in [-0.2, -0.15) is 0 Å². The molecule has 0 aliphatic heterocycles. The minimum absolute atomic E-state index is 0.162. The van der Waals surface area contributed by atoms with Crippen molar-refractivity contribution in [1.82, 2.24) is 0 Å². The van der Waals surface area contributed by atoms with Crippen molar-refractivity contribution in [3.8, 4) is 0 Å². The lowest BCUT2D eigenvalue weighted by molar-refractivity contribution is -0.252. The average Bonchev–Trinajstić information content (AvgIpc) is 2.19. The van der Waals surface area contributed by atoms with Gasteiger partial charge in [-0.3, -0.25) is 0 Å². The van der Waals surface area contributed by atoms with Crippen LogP contribution < -0.4 is 0 Å². The first-order valence-corrected chi connectivity index (χ1v) is 6.26. The van der Waals surface area contributed by atoms with Gasteiger partial charge in [-0.1, -0.05) is 20.4 Å².